The Labute approximate surface area is 107 Å². The molecule has 0 aliphatic rings. The van der Waals surface area contributed by atoms with Crippen LogP contribution in [0.5, 0.6) is 0 Å². The fourth-order valence-corrected chi connectivity index (χ4v) is 1.26. The van der Waals surface area contributed by atoms with Crippen LogP contribution in [-0.4, -0.2) is 16.2 Å². The van der Waals surface area contributed by atoms with Crippen LogP contribution in [-0.2, 0) is 0 Å². The van der Waals surface area contributed by atoms with E-state index in [1.807, 2.05) is 33.0 Å². The second-order valence-corrected chi connectivity index (χ2v) is 3.86. The number of aromatic nitrogens is 2. The third-order valence-corrected chi connectivity index (χ3v) is 2.50. The van der Waals surface area contributed by atoms with Crippen molar-refractivity contribution in [2.24, 2.45) is 4.99 Å². The molecular formula is C13H16ClN3. The number of aromatic amines is 1. The van der Waals surface area contributed by atoms with Gasteiger partial charge in [-0.05, 0) is 44.0 Å². The molecule has 0 aromatic carbocycles. The number of nitrogens with zero attached hydrogens (tertiary/aromatic N) is 2. The number of allylic oxidation sites excluding steroid dienone is 1. The molecule has 0 aliphatic heterocycles. The zero-order valence-corrected chi connectivity index (χ0v) is 11.0. The molecule has 0 fully saturated rings. The lowest BCUT2D eigenvalue weighted by molar-refractivity contribution is 1.08. The van der Waals surface area contributed by atoms with E-state index in [1.165, 1.54) is 5.54 Å². The van der Waals surface area contributed by atoms with Gasteiger partial charge in [-0.25, -0.2) is 4.98 Å². The average molecular weight is 250 g/mol. The molecule has 0 aliphatic carbocycles. The van der Waals surface area contributed by atoms with Gasteiger partial charge in [-0.1, -0.05) is 11.6 Å². The summed E-state index contributed by atoms with van der Waals surface area (Å²) < 4.78 is 0. The van der Waals surface area contributed by atoms with Gasteiger partial charge in [0.15, 0.2) is 0 Å². The second-order valence-electron chi connectivity index (χ2n) is 3.61. The number of hydrogen-bond acceptors (Lipinski definition) is 2. The highest BCUT2D eigenvalue weighted by molar-refractivity contribution is 6.26. The molecule has 0 unspecified atom stereocenters. The molecule has 1 heterocycles. The molecule has 1 aromatic heterocycles. The number of nitrogens with one attached hydrogen (secondary N) is 1. The van der Waals surface area contributed by atoms with Crippen molar-refractivity contribution in [3.63, 3.8) is 0 Å². The maximum Gasteiger partial charge on any atom is 0.102 e. The molecule has 90 valence electrons. The zero-order valence-electron chi connectivity index (χ0n) is 10.2. The molecule has 0 saturated carbocycles. The van der Waals surface area contributed by atoms with E-state index in [0.29, 0.717) is 0 Å². The number of rotatable bonds is 2. The smallest absolute Gasteiger partial charge is 0.102 e. The van der Waals surface area contributed by atoms with Gasteiger partial charge in [0.1, 0.15) is 5.82 Å². The fourth-order valence-electron chi connectivity index (χ4n) is 1.19. The van der Waals surface area contributed by atoms with Crippen molar-refractivity contribution in [1.82, 2.24) is 9.97 Å². The van der Waals surface area contributed by atoms with E-state index in [1.54, 1.807) is 18.5 Å². The van der Waals surface area contributed by atoms with Gasteiger partial charge in [0.2, 0.25) is 0 Å². The molecule has 1 rings (SSSR count). The SMILES string of the molecule is Cc1ncc(N=C/C=C/Cl)c(C)c(C)cc[nH]1. The molecule has 0 amide bonds. The van der Waals surface area contributed by atoms with Crippen LogP contribution in [0.15, 0.2) is 35.1 Å². The minimum Gasteiger partial charge on any atom is -0.350 e. The first-order valence-electron chi connectivity index (χ1n) is 5.30. The molecule has 0 atom stereocenters. The Bertz CT molecular complexity index is 486. The summed E-state index contributed by atoms with van der Waals surface area (Å²) >= 11 is 5.44. The first-order chi connectivity index (χ1) is 8.15. The van der Waals surface area contributed by atoms with Crippen molar-refractivity contribution in [3.05, 3.63) is 47.0 Å². The Morgan fingerprint density at radius 3 is 2.82 bits per heavy atom. The van der Waals surface area contributed by atoms with E-state index in [9.17, 15) is 0 Å². The maximum absolute atomic E-state index is 5.44. The molecule has 4 heteroatoms. The van der Waals surface area contributed by atoms with Gasteiger partial charge in [0, 0.05) is 17.9 Å². The fraction of sp³-hybridized carbons (Fsp3) is 0.231. The van der Waals surface area contributed by atoms with Gasteiger partial charge >= 0.3 is 0 Å². The van der Waals surface area contributed by atoms with Crippen LogP contribution in [0.2, 0.25) is 0 Å². The summed E-state index contributed by atoms with van der Waals surface area (Å²) in [5, 5.41) is 0. The van der Waals surface area contributed by atoms with E-state index in [0.717, 1.165) is 22.6 Å². The van der Waals surface area contributed by atoms with Crippen molar-refractivity contribution < 1.29 is 0 Å². The molecule has 0 bridgehead atoms. The highest BCUT2D eigenvalue weighted by Crippen LogP contribution is 2.17. The number of hydrogen-bond donors (Lipinski definition) is 1. The van der Waals surface area contributed by atoms with Crippen LogP contribution >= 0.6 is 11.6 Å². The predicted molar refractivity (Wildman–Crippen MR) is 73.6 cm³/mol. The Morgan fingerprint density at radius 2 is 2.12 bits per heavy atom. The lowest BCUT2D eigenvalue weighted by Crippen LogP contribution is -1.78. The maximum atomic E-state index is 5.44. The first-order valence-corrected chi connectivity index (χ1v) is 5.73. The number of H-pyrrole nitrogens is 1. The molecule has 0 radical (unpaired) electrons. The Balaban J connectivity index is 3.38. The quantitative estimate of drug-likeness (QED) is 0.793. The molecule has 17 heavy (non-hydrogen) atoms. The number of halogens is 1. The lowest BCUT2D eigenvalue weighted by Gasteiger charge is -1.97. The first kappa shape index (κ1) is 13.5. The van der Waals surface area contributed by atoms with Gasteiger partial charge in [-0.3, -0.25) is 4.99 Å². The number of aryl methyl sites for hydroxylation is 2. The van der Waals surface area contributed by atoms with E-state index in [-0.39, 0.29) is 0 Å². The Morgan fingerprint density at radius 1 is 1.35 bits per heavy atom. The van der Waals surface area contributed by atoms with Crippen LogP contribution in [0.4, 0.5) is 5.69 Å². The van der Waals surface area contributed by atoms with E-state index >= 15 is 0 Å². The van der Waals surface area contributed by atoms with E-state index in [2.05, 4.69) is 15.0 Å². The van der Waals surface area contributed by atoms with Crippen molar-refractivity contribution >= 4 is 23.5 Å². The van der Waals surface area contributed by atoms with E-state index in [4.69, 9.17) is 11.6 Å². The van der Waals surface area contributed by atoms with Crippen LogP contribution in [0.1, 0.15) is 17.0 Å². The van der Waals surface area contributed by atoms with Gasteiger partial charge in [-0.2, -0.15) is 0 Å². The summed E-state index contributed by atoms with van der Waals surface area (Å²) in [7, 11) is 0. The zero-order chi connectivity index (χ0) is 12.7. The second kappa shape index (κ2) is 6.86. The largest absolute Gasteiger partial charge is 0.350 e. The molecule has 1 aromatic rings. The summed E-state index contributed by atoms with van der Waals surface area (Å²) in [4.78, 5) is 11.7. The molecule has 3 nitrogen and oxygen atoms in total. The summed E-state index contributed by atoms with van der Waals surface area (Å²) in [6, 6.07) is 2.00. The van der Waals surface area contributed by atoms with Crippen molar-refractivity contribution in [1.29, 1.82) is 0 Å². The predicted octanol–water partition coefficient (Wildman–Crippen LogP) is 3.91. The minimum atomic E-state index is 0.823. The van der Waals surface area contributed by atoms with Crippen molar-refractivity contribution in [3.8, 4) is 0 Å². The summed E-state index contributed by atoms with van der Waals surface area (Å²) in [6.45, 7) is 5.95. The van der Waals surface area contributed by atoms with Gasteiger partial charge in [0.25, 0.3) is 0 Å². The third-order valence-electron chi connectivity index (χ3n) is 2.35. The van der Waals surface area contributed by atoms with Crippen molar-refractivity contribution in [2.75, 3.05) is 0 Å². The molecule has 0 saturated heterocycles. The Hall–Kier alpha value is -1.61. The van der Waals surface area contributed by atoms with Crippen LogP contribution in [0, 0.1) is 20.8 Å². The molecule has 1 N–H and O–H groups in total. The summed E-state index contributed by atoms with van der Waals surface area (Å²) in [5.74, 6) is 0.823. The third kappa shape index (κ3) is 4.41. The monoisotopic (exact) mass is 249 g/mol. The highest BCUT2D eigenvalue weighted by Gasteiger charge is 1.95. The van der Waals surface area contributed by atoms with Gasteiger partial charge < -0.3 is 4.98 Å². The van der Waals surface area contributed by atoms with Crippen LogP contribution < -0.4 is 0 Å². The number of aliphatic imine (C=N–C) groups is 1. The summed E-state index contributed by atoms with van der Waals surface area (Å²) in [6.07, 6.45) is 6.93. The van der Waals surface area contributed by atoms with Crippen LogP contribution in [0.3, 0.4) is 0 Å². The minimum absolute atomic E-state index is 0.823. The lowest BCUT2D eigenvalue weighted by atomic mass is 10.1. The van der Waals surface area contributed by atoms with Gasteiger partial charge in [0.05, 0.1) is 11.9 Å². The van der Waals surface area contributed by atoms with Gasteiger partial charge in [-0.15, -0.1) is 0 Å². The van der Waals surface area contributed by atoms with E-state index < -0.39 is 0 Å². The topological polar surface area (TPSA) is 41.0 Å². The summed E-state index contributed by atoms with van der Waals surface area (Å²) in [5.41, 5.74) is 4.47. The average Bonchev–Trinajstić information content (AvgIpc) is 2.36. The normalized spacial score (nSPS) is 11.1. The Kier molecular flexibility index (Phi) is 5.43. The molecular weight excluding hydrogens is 234 g/mol. The highest BCUT2D eigenvalue weighted by atomic mass is 35.5. The van der Waals surface area contributed by atoms with Crippen molar-refractivity contribution in [2.45, 2.75) is 20.8 Å². The van der Waals surface area contributed by atoms with Crippen LogP contribution in [0.25, 0.3) is 0 Å². The standard InChI is InChI=1S/C13H16ClN3/c1-10-5-8-15-12(3)17-9-13(11(10)2)16-7-4-6-14/h4-9H,1-3H3,(H,15,17)/b6-4+,8-5?,11-10?,13-9?,16-7?. The molecule has 0 spiro atoms.